The number of fused-ring (bicyclic) bond motifs is 1. The van der Waals surface area contributed by atoms with Crippen molar-refractivity contribution in [3.8, 4) is 16.9 Å². The van der Waals surface area contributed by atoms with Gasteiger partial charge in [0.1, 0.15) is 17.9 Å². The number of esters is 1. The van der Waals surface area contributed by atoms with Crippen LogP contribution in [0.1, 0.15) is 60.7 Å². The highest BCUT2D eigenvalue weighted by Crippen LogP contribution is 2.34. The first-order valence-corrected chi connectivity index (χ1v) is 15.1. The zero-order valence-electron chi connectivity index (χ0n) is 24.3. The summed E-state index contributed by atoms with van der Waals surface area (Å²) in [6, 6.07) is 18.0. The molecule has 7 nitrogen and oxygen atoms in total. The number of alkyl halides is 1. The van der Waals surface area contributed by atoms with E-state index >= 15 is 0 Å². The molecule has 4 aromatic rings. The van der Waals surface area contributed by atoms with Gasteiger partial charge in [0, 0.05) is 49.3 Å². The monoisotopic (exact) mass is 593 g/mol. The summed E-state index contributed by atoms with van der Waals surface area (Å²) < 4.78 is 43.5. The number of amides is 1. The van der Waals surface area contributed by atoms with Crippen molar-refractivity contribution in [1.29, 1.82) is 0 Å². The predicted molar refractivity (Wildman–Crippen MR) is 163 cm³/mol. The Kier molecular flexibility index (Phi) is 9.83. The van der Waals surface area contributed by atoms with Crippen LogP contribution in [-0.4, -0.2) is 39.9 Å². The Morgan fingerprint density at radius 2 is 1.86 bits per heavy atom. The van der Waals surface area contributed by atoms with Crippen molar-refractivity contribution < 1.29 is 32.1 Å². The molecule has 2 atom stereocenters. The summed E-state index contributed by atoms with van der Waals surface area (Å²) in [5.41, 5.74) is 10.2. The molecule has 1 amide bonds. The highest BCUT2D eigenvalue weighted by Gasteiger charge is 2.25. The third-order valence-corrected chi connectivity index (χ3v) is 8.96. The minimum absolute atomic E-state index is 0.0171. The van der Waals surface area contributed by atoms with Gasteiger partial charge in [-0.25, -0.2) is 0 Å². The van der Waals surface area contributed by atoms with E-state index in [0.29, 0.717) is 16.9 Å². The Bertz CT molecular complexity index is 1610. The lowest BCUT2D eigenvalue weighted by Gasteiger charge is -2.22. The average Bonchev–Trinajstić information content (AvgIpc) is 3.43. The molecule has 9 heteroatoms. The molecule has 42 heavy (non-hydrogen) atoms. The first-order valence-electron chi connectivity index (χ1n) is 13.8. The second-order valence-electron chi connectivity index (χ2n) is 11.0. The van der Waals surface area contributed by atoms with Crippen molar-refractivity contribution in [2.45, 2.75) is 51.4 Å². The standard InChI is InChI=1S/C33H36FNO6S/c1-5-39-30(36)17-24-9-10-26(32(35)37)16-29(24)41-19-21-13-25-11-12-40-31(25)28(14-21)23-8-6-7-22(15-23)27(18-34)20-42(38)33(2,3)4/h6-16,27H,5,17-20H2,1-4H3,(H2,35,37)/t27?,42-/m0/s1. The van der Waals surface area contributed by atoms with Gasteiger partial charge in [-0.1, -0.05) is 30.3 Å². The van der Waals surface area contributed by atoms with Crippen molar-refractivity contribution in [3.05, 3.63) is 89.2 Å². The van der Waals surface area contributed by atoms with Crippen LogP contribution >= 0.6 is 0 Å². The van der Waals surface area contributed by atoms with Crippen LogP contribution < -0.4 is 10.5 Å². The molecule has 1 heterocycles. The zero-order chi connectivity index (χ0) is 30.4. The Labute approximate surface area is 247 Å². The summed E-state index contributed by atoms with van der Waals surface area (Å²) in [6.45, 7) is 7.16. The fourth-order valence-electron chi connectivity index (χ4n) is 4.58. The molecule has 0 spiro atoms. The van der Waals surface area contributed by atoms with Crippen LogP contribution in [0.3, 0.4) is 0 Å². The molecule has 4 rings (SSSR count). The molecule has 1 aromatic heterocycles. The molecule has 0 saturated heterocycles. The molecule has 0 aliphatic rings. The number of nitrogens with two attached hydrogens (primary N) is 1. The lowest BCUT2D eigenvalue weighted by Crippen LogP contribution is -2.27. The number of carbonyl (C=O) groups excluding carboxylic acids is 2. The molecule has 0 aliphatic carbocycles. The molecule has 0 bridgehead atoms. The largest absolute Gasteiger partial charge is 0.489 e. The molecule has 0 saturated carbocycles. The van der Waals surface area contributed by atoms with E-state index in [0.717, 1.165) is 27.6 Å². The van der Waals surface area contributed by atoms with Crippen LogP contribution in [0.15, 0.2) is 71.3 Å². The van der Waals surface area contributed by atoms with Gasteiger partial charge in [0.25, 0.3) is 0 Å². The molecule has 222 valence electrons. The molecule has 0 radical (unpaired) electrons. The Hall–Kier alpha value is -3.98. The minimum atomic E-state index is -1.20. The van der Waals surface area contributed by atoms with Gasteiger partial charge in [0.05, 0.1) is 26.0 Å². The summed E-state index contributed by atoms with van der Waals surface area (Å²) in [5.74, 6) is -0.935. The number of carbonyl (C=O) groups is 2. The molecule has 3 aromatic carbocycles. The maximum atomic E-state index is 14.2. The van der Waals surface area contributed by atoms with Gasteiger partial charge in [0.2, 0.25) is 5.91 Å². The molecular weight excluding hydrogens is 557 g/mol. The second-order valence-corrected chi connectivity index (χ2v) is 13.3. The summed E-state index contributed by atoms with van der Waals surface area (Å²) in [7, 11) is -1.20. The molecule has 1 unspecified atom stereocenters. The lowest BCUT2D eigenvalue weighted by atomic mass is 9.95. The van der Waals surface area contributed by atoms with Gasteiger partial charge in [0.15, 0.2) is 0 Å². The number of ether oxygens (including phenoxy) is 2. The number of halogens is 1. The van der Waals surface area contributed by atoms with Crippen LogP contribution in [0, 0.1) is 0 Å². The van der Waals surface area contributed by atoms with E-state index in [2.05, 4.69) is 0 Å². The number of hydrogen-bond acceptors (Lipinski definition) is 6. The van der Waals surface area contributed by atoms with Crippen LogP contribution in [0.4, 0.5) is 4.39 Å². The highest BCUT2D eigenvalue weighted by molar-refractivity contribution is 7.86. The number of benzene rings is 3. The van der Waals surface area contributed by atoms with E-state index in [1.165, 1.54) is 6.07 Å². The third kappa shape index (κ3) is 7.45. The second kappa shape index (κ2) is 13.3. The quantitative estimate of drug-likeness (QED) is 0.188. The van der Waals surface area contributed by atoms with E-state index in [1.54, 1.807) is 25.3 Å². The van der Waals surface area contributed by atoms with Crippen LogP contribution in [0.2, 0.25) is 0 Å². The van der Waals surface area contributed by atoms with Crippen molar-refractivity contribution in [3.63, 3.8) is 0 Å². The van der Waals surface area contributed by atoms with E-state index < -0.39 is 40.0 Å². The summed E-state index contributed by atoms with van der Waals surface area (Å²) in [4.78, 5) is 24.0. The van der Waals surface area contributed by atoms with Gasteiger partial charge in [-0.15, -0.1) is 0 Å². The Balaban J connectivity index is 1.66. The average molecular weight is 594 g/mol. The van der Waals surface area contributed by atoms with E-state index in [1.807, 2.05) is 63.2 Å². The van der Waals surface area contributed by atoms with Crippen molar-refractivity contribution in [1.82, 2.24) is 0 Å². The SMILES string of the molecule is CCOC(=O)Cc1ccc(C(N)=O)cc1OCc1cc(-c2cccc(C(CF)C[S@](=O)C(C)(C)C)c2)c2occc2c1. The van der Waals surface area contributed by atoms with Crippen molar-refractivity contribution in [2.24, 2.45) is 5.73 Å². The van der Waals surface area contributed by atoms with Gasteiger partial charge in [-0.05, 0) is 74.7 Å². The van der Waals surface area contributed by atoms with Crippen LogP contribution in [-0.2, 0) is 33.4 Å². The van der Waals surface area contributed by atoms with Crippen LogP contribution in [0.5, 0.6) is 5.75 Å². The van der Waals surface area contributed by atoms with Crippen LogP contribution in [0.25, 0.3) is 22.1 Å². The smallest absolute Gasteiger partial charge is 0.310 e. The van der Waals surface area contributed by atoms with E-state index in [9.17, 15) is 18.2 Å². The fraction of sp³-hybridized carbons (Fsp3) is 0.333. The number of furan rings is 1. The molecular formula is C33H36FNO6S. The maximum Gasteiger partial charge on any atom is 0.310 e. The van der Waals surface area contributed by atoms with Crippen molar-refractivity contribution >= 4 is 33.6 Å². The first-order chi connectivity index (χ1) is 20.0. The molecule has 2 N–H and O–H groups in total. The number of rotatable bonds is 12. The maximum absolute atomic E-state index is 14.2. The normalized spacial score (nSPS) is 13.1. The Morgan fingerprint density at radius 1 is 1.07 bits per heavy atom. The number of hydrogen-bond donors (Lipinski definition) is 1. The van der Waals surface area contributed by atoms with Gasteiger partial charge in [-0.2, -0.15) is 0 Å². The lowest BCUT2D eigenvalue weighted by molar-refractivity contribution is -0.142. The topological polar surface area (TPSA) is 109 Å². The van der Waals surface area contributed by atoms with E-state index in [4.69, 9.17) is 19.6 Å². The minimum Gasteiger partial charge on any atom is -0.489 e. The third-order valence-electron chi connectivity index (χ3n) is 6.89. The zero-order valence-corrected chi connectivity index (χ0v) is 25.1. The fourth-order valence-corrected chi connectivity index (χ4v) is 5.73. The molecule has 0 fully saturated rings. The first kappa shape index (κ1) is 31.0. The van der Waals surface area contributed by atoms with E-state index in [-0.39, 0.29) is 31.0 Å². The highest BCUT2D eigenvalue weighted by atomic mass is 32.2. The van der Waals surface area contributed by atoms with Gasteiger partial charge in [-0.3, -0.25) is 18.2 Å². The van der Waals surface area contributed by atoms with Crippen molar-refractivity contribution in [2.75, 3.05) is 19.0 Å². The Morgan fingerprint density at radius 3 is 2.55 bits per heavy atom. The summed E-state index contributed by atoms with van der Waals surface area (Å²) in [6.07, 6.45) is 1.59. The summed E-state index contributed by atoms with van der Waals surface area (Å²) in [5, 5.41) is 0.852. The molecule has 0 aliphatic heterocycles. The van der Waals surface area contributed by atoms with Gasteiger partial charge >= 0.3 is 5.97 Å². The summed E-state index contributed by atoms with van der Waals surface area (Å²) >= 11 is 0. The number of primary amides is 1. The van der Waals surface area contributed by atoms with Gasteiger partial charge < -0.3 is 19.6 Å². The predicted octanol–water partition coefficient (Wildman–Crippen LogP) is 6.48.